The second-order valence-corrected chi connectivity index (χ2v) is 7.06. The molecule has 0 bridgehead atoms. The number of sulfonamides is 1. The van der Waals surface area contributed by atoms with Gasteiger partial charge in [0.1, 0.15) is 0 Å². The van der Waals surface area contributed by atoms with Crippen LogP contribution >= 0.6 is 0 Å². The van der Waals surface area contributed by atoms with Crippen LogP contribution in [0.3, 0.4) is 0 Å². The van der Waals surface area contributed by atoms with E-state index < -0.39 is 10.0 Å². The molecule has 0 aliphatic heterocycles. The summed E-state index contributed by atoms with van der Waals surface area (Å²) < 4.78 is 22.7. The average molecular weight is 296 g/mol. The molecule has 0 radical (unpaired) electrons. The quantitative estimate of drug-likeness (QED) is 0.894. The molecule has 2 rings (SSSR count). The van der Waals surface area contributed by atoms with Gasteiger partial charge in [0.05, 0.1) is 4.90 Å². The highest BCUT2D eigenvalue weighted by atomic mass is 32.2. The summed E-state index contributed by atoms with van der Waals surface area (Å²) in [5, 5.41) is 7.97. The zero-order chi connectivity index (χ0) is 14.9. The van der Waals surface area contributed by atoms with Gasteiger partial charge in [-0.1, -0.05) is 13.3 Å². The summed E-state index contributed by atoms with van der Waals surface area (Å²) in [5.41, 5.74) is 1.14. The van der Waals surface area contributed by atoms with Crippen LogP contribution in [-0.2, 0) is 14.8 Å². The Morgan fingerprint density at radius 2 is 2.05 bits per heavy atom. The number of benzene rings is 1. The Bertz CT molecular complexity index is 625. The first-order chi connectivity index (χ1) is 9.29. The number of nitrogens with two attached hydrogens (primary N) is 1. The third-order valence-electron chi connectivity index (χ3n) is 3.95. The summed E-state index contributed by atoms with van der Waals surface area (Å²) in [7, 11) is -3.72. The van der Waals surface area contributed by atoms with E-state index in [0.29, 0.717) is 17.2 Å². The number of amides is 1. The fraction of sp³-hybridized carbons (Fsp3) is 0.500. The highest BCUT2D eigenvalue weighted by Crippen LogP contribution is 2.32. The van der Waals surface area contributed by atoms with E-state index in [4.69, 9.17) is 5.14 Å². The highest BCUT2D eigenvalue weighted by Gasteiger charge is 2.29. The molecular formula is C14H20N2O3S. The van der Waals surface area contributed by atoms with Crippen molar-refractivity contribution < 1.29 is 13.2 Å². The van der Waals surface area contributed by atoms with Crippen molar-refractivity contribution in [1.29, 1.82) is 0 Å². The van der Waals surface area contributed by atoms with Crippen molar-refractivity contribution in [3.8, 4) is 0 Å². The number of primary sulfonamides is 1. The number of anilines is 1. The Balaban J connectivity index is 2.15. The van der Waals surface area contributed by atoms with Crippen LogP contribution in [0.1, 0.15) is 31.7 Å². The van der Waals surface area contributed by atoms with Crippen molar-refractivity contribution in [3.05, 3.63) is 23.8 Å². The van der Waals surface area contributed by atoms with E-state index in [0.717, 1.165) is 19.3 Å². The van der Waals surface area contributed by atoms with Gasteiger partial charge in [0.2, 0.25) is 15.9 Å². The molecule has 0 aromatic heterocycles. The van der Waals surface area contributed by atoms with Gasteiger partial charge in [-0.05, 0) is 49.4 Å². The van der Waals surface area contributed by atoms with E-state index in [9.17, 15) is 13.2 Å². The van der Waals surface area contributed by atoms with Crippen LogP contribution in [0.25, 0.3) is 0 Å². The predicted molar refractivity (Wildman–Crippen MR) is 77.7 cm³/mol. The van der Waals surface area contributed by atoms with E-state index in [1.54, 1.807) is 19.1 Å². The molecule has 0 heterocycles. The van der Waals surface area contributed by atoms with E-state index >= 15 is 0 Å². The lowest BCUT2D eigenvalue weighted by Gasteiger charge is -2.15. The normalized spacial score (nSPS) is 22.8. The fourth-order valence-electron chi connectivity index (χ4n) is 2.82. The van der Waals surface area contributed by atoms with E-state index in [2.05, 4.69) is 12.2 Å². The Morgan fingerprint density at radius 1 is 1.35 bits per heavy atom. The minimum Gasteiger partial charge on any atom is -0.326 e. The molecule has 0 spiro atoms. The number of aryl methyl sites for hydroxylation is 1. The molecule has 20 heavy (non-hydrogen) atoms. The van der Waals surface area contributed by atoms with Crippen LogP contribution in [0.4, 0.5) is 5.69 Å². The number of carbonyl (C=O) groups excluding carboxylic acids is 1. The van der Waals surface area contributed by atoms with Crippen molar-refractivity contribution in [2.24, 2.45) is 17.0 Å². The van der Waals surface area contributed by atoms with Crippen molar-refractivity contribution in [2.75, 3.05) is 5.32 Å². The molecule has 1 aromatic carbocycles. The van der Waals surface area contributed by atoms with Crippen molar-refractivity contribution in [1.82, 2.24) is 0 Å². The van der Waals surface area contributed by atoms with Gasteiger partial charge in [-0.2, -0.15) is 0 Å². The smallest absolute Gasteiger partial charge is 0.238 e. The predicted octanol–water partition coefficient (Wildman–Crippen LogP) is 2.02. The third-order valence-corrected chi connectivity index (χ3v) is 5.02. The second-order valence-electron chi connectivity index (χ2n) is 5.53. The van der Waals surface area contributed by atoms with Gasteiger partial charge in [-0.15, -0.1) is 0 Å². The maximum Gasteiger partial charge on any atom is 0.238 e. The number of hydrogen-bond acceptors (Lipinski definition) is 3. The fourth-order valence-corrected chi connectivity index (χ4v) is 3.58. The molecule has 5 nitrogen and oxygen atoms in total. The average Bonchev–Trinajstić information content (AvgIpc) is 2.73. The first-order valence-corrected chi connectivity index (χ1v) is 8.28. The van der Waals surface area contributed by atoms with Gasteiger partial charge in [-0.3, -0.25) is 4.79 Å². The first-order valence-electron chi connectivity index (χ1n) is 6.73. The minimum atomic E-state index is -3.72. The molecule has 1 amide bonds. The highest BCUT2D eigenvalue weighted by molar-refractivity contribution is 7.89. The summed E-state index contributed by atoms with van der Waals surface area (Å²) in [5.74, 6) is 0.464. The number of rotatable bonds is 3. The molecule has 1 fully saturated rings. The zero-order valence-corrected chi connectivity index (χ0v) is 12.5. The summed E-state index contributed by atoms with van der Waals surface area (Å²) >= 11 is 0. The molecule has 1 aromatic rings. The van der Waals surface area contributed by atoms with Crippen molar-refractivity contribution in [2.45, 2.75) is 38.0 Å². The molecule has 3 N–H and O–H groups in total. The SMILES string of the molecule is Cc1cc(NC(=O)C2CCCC2C)ccc1S(N)(=O)=O. The Hall–Kier alpha value is -1.40. The van der Waals surface area contributed by atoms with Gasteiger partial charge in [0, 0.05) is 11.6 Å². The minimum absolute atomic E-state index is 0.0118. The van der Waals surface area contributed by atoms with Gasteiger partial charge in [-0.25, -0.2) is 13.6 Å². The van der Waals surface area contributed by atoms with Gasteiger partial charge < -0.3 is 5.32 Å². The molecule has 1 aliphatic rings. The standard InChI is InChI=1S/C14H20N2O3S/c1-9-4-3-5-12(9)14(17)16-11-6-7-13(10(2)8-11)20(15,18)19/h6-9,12H,3-5H2,1-2H3,(H,16,17)(H2,15,18,19). The monoisotopic (exact) mass is 296 g/mol. The Labute approximate surface area is 119 Å². The molecule has 0 saturated heterocycles. The second kappa shape index (κ2) is 5.54. The maximum absolute atomic E-state index is 12.2. The Kier molecular flexibility index (Phi) is 4.15. The number of nitrogens with one attached hydrogen (secondary N) is 1. The van der Waals surface area contributed by atoms with Crippen LogP contribution in [0.5, 0.6) is 0 Å². The van der Waals surface area contributed by atoms with Crippen LogP contribution in [0.15, 0.2) is 23.1 Å². The maximum atomic E-state index is 12.2. The van der Waals surface area contributed by atoms with Crippen LogP contribution in [-0.4, -0.2) is 14.3 Å². The molecule has 6 heteroatoms. The lowest BCUT2D eigenvalue weighted by atomic mass is 9.97. The van der Waals surface area contributed by atoms with Gasteiger partial charge in [0.25, 0.3) is 0 Å². The van der Waals surface area contributed by atoms with E-state index in [1.807, 2.05) is 0 Å². The summed E-state index contributed by atoms with van der Waals surface area (Å²) in [4.78, 5) is 12.3. The largest absolute Gasteiger partial charge is 0.326 e. The van der Waals surface area contributed by atoms with E-state index in [-0.39, 0.29) is 16.7 Å². The topological polar surface area (TPSA) is 89.3 Å². The van der Waals surface area contributed by atoms with Crippen molar-refractivity contribution in [3.63, 3.8) is 0 Å². The first kappa shape index (κ1) is 15.0. The lowest BCUT2D eigenvalue weighted by Crippen LogP contribution is -2.24. The molecular weight excluding hydrogens is 276 g/mol. The molecule has 2 unspecified atom stereocenters. The molecule has 110 valence electrons. The van der Waals surface area contributed by atoms with Gasteiger partial charge >= 0.3 is 0 Å². The van der Waals surface area contributed by atoms with Crippen LogP contribution in [0.2, 0.25) is 0 Å². The number of carbonyl (C=O) groups is 1. The molecule has 2 atom stereocenters. The lowest BCUT2D eigenvalue weighted by molar-refractivity contribution is -0.120. The van der Waals surface area contributed by atoms with Crippen LogP contribution in [0, 0.1) is 18.8 Å². The number of hydrogen-bond donors (Lipinski definition) is 2. The van der Waals surface area contributed by atoms with Gasteiger partial charge in [0.15, 0.2) is 0 Å². The molecule has 1 aliphatic carbocycles. The Morgan fingerprint density at radius 3 is 2.55 bits per heavy atom. The summed E-state index contributed by atoms with van der Waals surface area (Å²) in [6, 6.07) is 4.64. The zero-order valence-electron chi connectivity index (χ0n) is 11.7. The van der Waals surface area contributed by atoms with Crippen molar-refractivity contribution >= 4 is 21.6 Å². The molecule has 1 saturated carbocycles. The summed E-state index contributed by atoms with van der Waals surface area (Å²) in [6.07, 6.45) is 3.09. The summed E-state index contributed by atoms with van der Waals surface area (Å²) in [6.45, 7) is 3.75. The van der Waals surface area contributed by atoms with E-state index in [1.165, 1.54) is 6.07 Å². The van der Waals surface area contributed by atoms with Crippen LogP contribution < -0.4 is 10.5 Å². The third kappa shape index (κ3) is 3.19.